The lowest BCUT2D eigenvalue weighted by Gasteiger charge is -2.05. The van der Waals surface area contributed by atoms with Gasteiger partial charge in [0.2, 0.25) is 0 Å². The van der Waals surface area contributed by atoms with E-state index in [0.717, 1.165) is 10.9 Å². The summed E-state index contributed by atoms with van der Waals surface area (Å²) in [7, 11) is 0. The van der Waals surface area contributed by atoms with Crippen LogP contribution in [0.4, 0.5) is 0 Å². The van der Waals surface area contributed by atoms with Gasteiger partial charge >= 0.3 is 0 Å². The van der Waals surface area contributed by atoms with E-state index in [0.29, 0.717) is 11.1 Å². The number of aromatic nitrogens is 1. The zero-order valence-electron chi connectivity index (χ0n) is 10.0. The summed E-state index contributed by atoms with van der Waals surface area (Å²) in [5.41, 5.74) is 1.84. The molecule has 0 saturated carbocycles. The molecule has 0 aliphatic carbocycles. The van der Waals surface area contributed by atoms with Crippen molar-refractivity contribution in [2.45, 2.75) is 0 Å². The number of hydrogen-bond donors (Lipinski definition) is 0. The van der Waals surface area contributed by atoms with Gasteiger partial charge in [0, 0.05) is 10.9 Å². The zero-order valence-corrected chi connectivity index (χ0v) is 10.8. The number of para-hydroxylation sites is 1. The van der Waals surface area contributed by atoms with E-state index >= 15 is 0 Å². The van der Waals surface area contributed by atoms with E-state index in [-0.39, 0.29) is 10.9 Å². The fraction of sp³-hybridized carbons (Fsp3) is 0. The SMILES string of the molecule is O=C(c1ccccc1)c1cc2ccccc2nc1Cl. The van der Waals surface area contributed by atoms with Gasteiger partial charge in [-0.05, 0) is 12.1 Å². The van der Waals surface area contributed by atoms with E-state index in [1.165, 1.54) is 0 Å². The molecule has 3 heteroatoms. The van der Waals surface area contributed by atoms with E-state index in [2.05, 4.69) is 4.98 Å². The second kappa shape index (κ2) is 4.82. The third kappa shape index (κ3) is 2.23. The predicted octanol–water partition coefficient (Wildman–Crippen LogP) is 4.12. The molecule has 1 heterocycles. The van der Waals surface area contributed by atoms with Crippen LogP contribution in [0.3, 0.4) is 0 Å². The van der Waals surface area contributed by atoms with E-state index in [4.69, 9.17) is 11.6 Å². The summed E-state index contributed by atoms with van der Waals surface area (Å²) in [6.07, 6.45) is 0. The molecule has 0 saturated heterocycles. The molecule has 0 fully saturated rings. The Morgan fingerprint density at radius 1 is 0.947 bits per heavy atom. The van der Waals surface area contributed by atoms with Gasteiger partial charge in [-0.15, -0.1) is 0 Å². The minimum absolute atomic E-state index is 0.108. The molecule has 2 nitrogen and oxygen atoms in total. The molecule has 0 bridgehead atoms. The van der Waals surface area contributed by atoms with Crippen LogP contribution < -0.4 is 0 Å². The van der Waals surface area contributed by atoms with Gasteiger partial charge in [-0.25, -0.2) is 4.98 Å². The summed E-state index contributed by atoms with van der Waals surface area (Å²) in [5, 5.41) is 1.15. The molecule has 0 N–H and O–H groups in total. The number of fused-ring (bicyclic) bond motifs is 1. The topological polar surface area (TPSA) is 30.0 Å². The molecular weight excluding hydrogens is 258 g/mol. The van der Waals surface area contributed by atoms with Gasteiger partial charge in [-0.2, -0.15) is 0 Å². The summed E-state index contributed by atoms with van der Waals surface area (Å²) in [4.78, 5) is 16.7. The molecule has 0 atom stereocenters. The van der Waals surface area contributed by atoms with E-state index in [9.17, 15) is 4.79 Å². The maximum atomic E-state index is 12.4. The Hall–Kier alpha value is -2.19. The number of pyridine rings is 1. The smallest absolute Gasteiger partial charge is 0.196 e. The number of halogens is 1. The highest BCUT2D eigenvalue weighted by Crippen LogP contribution is 2.22. The highest BCUT2D eigenvalue weighted by atomic mass is 35.5. The average molecular weight is 268 g/mol. The number of benzene rings is 2. The van der Waals surface area contributed by atoms with Gasteiger partial charge in [0.1, 0.15) is 5.15 Å². The summed E-state index contributed by atoms with van der Waals surface area (Å²) in [5.74, 6) is -0.108. The van der Waals surface area contributed by atoms with Gasteiger partial charge in [0.25, 0.3) is 0 Å². The first-order chi connectivity index (χ1) is 9.25. The lowest BCUT2D eigenvalue weighted by Crippen LogP contribution is -2.03. The maximum absolute atomic E-state index is 12.4. The van der Waals surface area contributed by atoms with Crippen molar-refractivity contribution >= 4 is 28.3 Å². The van der Waals surface area contributed by atoms with Gasteiger partial charge in [-0.1, -0.05) is 60.1 Å². The molecule has 0 aliphatic rings. The van der Waals surface area contributed by atoms with Crippen molar-refractivity contribution < 1.29 is 4.79 Å². The zero-order chi connectivity index (χ0) is 13.2. The van der Waals surface area contributed by atoms with Crippen LogP contribution in [0.1, 0.15) is 15.9 Å². The molecule has 2 aromatic carbocycles. The van der Waals surface area contributed by atoms with Crippen molar-refractivity contribution in [1.29, 1.82) is 0 Å². The van der Waals surface area contributed by atoms with Crippen molar-refractivity contribution in [3.63, 3.8) is 0 Å². The molecule has 0 radical (unpaired) electrons. The third-order valence-corrected chi connectivity index (χ3v) is 3.25. The quantitative estimate of drug-likeness (QED) is 0.516. The lowest BCUT2D eigenvalue weighted by molar-refractivity contribution is 0.103. The fourth-order valence-corrected chi connectivity index (χ4v) is 2.23. The Kier molecular flexibility index (Phi) is 3.02. The molecule has 1 aromatic heterocycles. The Bertz CT molecular complexity index is 753. The van der Waals surface area contributed by atoms with Crippen LogP contribution >= 0.6 is 11.6 Å². The molecule has 92 valence electrons. The van der Waals surface area contributed by atoms with Gasteiger partial charge in [-0.3, -0.25) is 4.79 Å². The number of carbonyl (C=O) groups is 1. The van der Waals surface area contributed by atoms with Crippen LogP contribution in [0.5, 0.6) is 0 Å². The van der Waals surface area contributed by atoms with Crippen LogP contribution in [0.25, 0.3) is 10.9 Å². The first kappa shape index (κ1) is 11.9. The molecule has 19 heavy (non-hydrogen) atoms. The van der Waals surface area contributed by atoms with Crippen LogP contribution in [-0.2, 0) is 0 Å². The number of carbonyl (C=O) groups excluding carboxylic acids is 1. The van der Waals surface area contributed by atoms with Crippen molar-refractivity contribution in [3.05, 3.63) is 76.9 Å². The van der Waals surface area contributed by atoms with Gasteiger partial charge in [0.05, 0.1) is 11.1 Å². The lowest BCUT2D eigenvalue weighted by atomic mass is 10.0. The first-order valence-electron chi connectivity index (χ1n) is 5.91. The van der Waals surface area contributed by atoms with Crippen molar-refractivity contribution in [1.82, 2.24) is 4.98 Å². The monoisotopic (exact) mass is 267 g/mol. The highest BCUT2D eigenvalue weighted by molar-refractivity contribution is 6.34. The summed E-state index contributed by atoms with van der Waals surface area (Å²) in [6, 6.07) is 18.5. The Morgan fingerprint density at radius 2 is 1.63 bits per heavy atom. The second-order valence-electron chi connectivity index (χ2n) is 4.21. The van der Waals surface area contributed by atoms with Crippen molar-refractivity contribution in [3.8, 4) is 0 Å². The molecule has 0 spiro atoms. The predicted molar refractivity (Wildman–Crippen MR) is 76.6 cm³/mol. The summed E-state index contributed by atoms with van der Waals surface area (Å²) in [6.45, 7) is 0. The first-order valence-corrected chi connectivity index (χ1v) is 6.28. The van der Waals surface area contributed by atoms with Crippen LogP contribution in [-0.4, -0.2) is 10.8 Å². The molecule has 0 aliphatic heterocycles. The van der Waals surface area contributed by atoms with E-state index in [1.807, 2.05) is 42.5 Å². The second-order valence-corrected chi connectivity index (χ2v) is 4.57. The van der Waals surface area contributed by atoms with Gasteiger partial charge in [0.15, 0.2) is 5.78 Å². The Labute approximate surface area is 115 Å². The molecule has 3 aromatic rings. The maximum Gasteiger partial charge on any atom is 0.196 e. The summed E-state index contributed by atoms with van der Waals surface area (Å²) < 4.78 is 0. The standard InChI is InChI=1S/C16H10ClNO/c17-16-13(15(19)11-6-2-1-3-7-11)10-12-8-4-5-9-14(12)18-16/h1-10H. The molecular formula is C16H10ClNO. The van der Waals surface area contributed by atoms with Gasteiger partial charge < -0.3 is 0 Å². The van der Waals surface area contributed by atoms with Crippen LogP contribution in [0.15, 0.2) is 60.7 Å². The number of rotatable bonds is 2. The van der Waals surface area contributed by atoms with E-state index in [1.54, 1.807) is 18.2 Å². The van der Waals surface area contributed by atoms with Crippen molar-refractivity contribution in [2.75, 3.05) is 0 Å². The highest BCUT2D eigenvalue weighted by Gasteiger charge is 2.14. The summed E-state index contributed by atoms with van der Waals surface area (Å²) >= 11 is 6.12. The molecule has 0 unspecified atom stereocenters. The Morgan fingerprint density at radius 3 is 2.42 bits per heavy atom. The molecule has 0 amide bonds. The van der Waals surface area contributed by atoms with Crippen molar-refractivity contribution in [2.24, 2.45) is 0 Å². The van der Waals surface area contributed by atoms with Crippen LogP contribution in [0.2, 0.25) is 5.15 Å². The minimum Gasteiger partial charge on any atom is -0.288 e. The number of hydrogen-bond acceptors (Lipinski definition) is 2. The fourth-order valence-electron chi connectivity index (χ4n) is 2.00. The minimum atomic E-state index is -0.108. The third-order valence-electron chi connectivity index (χ3n) is 2.96. The largest absolute Gasteiger partial charge is 0.288 e. The molecule has 3 rings (SSSR count). The van der Waals surface area contributed by atoms with Crippen LogP contribution in [0, 0.1) is 0 Å². The normalized spacial score (nSPS) is 10.6. The Balaban J connectivity index is 2.15. The number of ketones is 1. The average Bonchev–Trinajstić information content (AvgIpc) is 2.47. The number of nitrogens with zero attached hydrogens (tertiary/aromatic N) is 1. The van der Waals surface area contributed by atoms with E-state index < -0.39 is 0 Å².